The van der Waals surface area contributed by atoms with E-state index in [1.807, 2.05) is 30.3 Å². The van der Waals surface area contributed by atoms with Crippen molar-refractivity contribution in [2.75, 3.05) is 17.4 Å². The summed E-state index contributed by atoms with van der Waals surface area (Å²) in [5.41, 5.74) is 9.37. The highest BCUT2D eigenvalue weighted by Crippen LogP contribution is 2.17. The monoisotopic (exact) mass is 320 g/mol. The molecular formula is C17H16N6O. The molecule has 2 rings (SSSR count). The molecule has 1 amide bonds. The van der Waals surface area contributed by atoms with Crippen LogP contribution in [-0.2, 0) is 0 Å². The van der Waals surface area contributed by atoms with Gasteiger partial charge in [-0.3, -0.25) is 15.6 Å². The van der Waals surface area contributed by atoms with E-state index in [2.05, 4.69) is 10.5 Å². The van der Waals surface area contributed by atoms with Crippen molar-refractivity contribution < 1.29 is 4.79 Å². The number of nitrogens with two attached hydrogens (primary N) is 1. The van der Waals surface area contributed by atoms with Gasteiger partial charge in [0.25, 0.3) is 5.91 Å². The lowest BCUT2D eigenvalue weighted by Crippen LogP contribution is -2.26. The number of nitrogens with one attached hydrogen (secondary N) is 2. The maximum atomic E-state index is 12.6. The summed E-state index contributed by atoms with van der Waals surface area (Å²) in [5.74, 6) is -0.609. The number of nitriles is 1. The summed E-state index contributed by atoms with van der Waals surface area (Å²) >= 11 is 0. The number of benzene rings is 2. The maximum Gasteiger partial charge on any atom is 0.258 e. The third kappa shape index (κ3) is 3.96. The lowest BCUT2D eigenvalue weighted by atomic mass is 10.1. The molecule has 0 fully saturated rings. The minimum atomic E-state index is -0.430. The first kappa shape index (κ1) is 16.7. The molecule has 0 aliphatic heterocycles. The summed E-state index contributed by atoms with van der Waals surface area (Å²) in [6.07, 6.45) is 0. The van der Waals surface area contributed by atoms with Crippen LogP contribution in [0.1, 0.15) is 10.4 Å². The number of anilines is 2. The quantitative estimate of drug-likeness (QED) is 0.444. The van der Waals surface area contributed by atoms with Crippen LogP contribution in [0.25, 0.3) is 0 Å². The van der Waals surface area contributed by atoms with Gasteiger partial charge in [-0.25, -0.2) is 0 Å². The Hall–Kier alpha value is -3.66. The Kier molecular flexibility index (Phi) is 5.26. The summed E-state index contributed by atoms with van der Waals surface area (Å²) in [7, 11) is 1.69. The molecule has 0 saturated carbocycles. The Morgan fingerprint density at radius 2 is 1.96 bits per heavy atom. The second-order valence-electron chi connectivity index (χ2n) is 4.88. The van der Waals surface area contributed by atoms with Gasteiger partial charge in [0.2, 0.25) is 5.71 Å². The molecular weight excluding hydrogens is 304 g/mol. The van der Waals surface area contributed by atoms with Gasteiger partial charge < -0.3 is 10.6 Å². The Balaban J connectivity index is 2.20. The molecule has 24 heavy (non-hydrogen) atoms. The van der Waals surface area contributed by atoms with Crippen LogP contribution in [0.2, 0.25) is 0 Å². The average Bonchev–Trinajstić information content (AvgIpc) is 2.61. The van der Waals surface area contributed by atoms with Crippen LogP contribution in [0.15, 0.2) is 59.7 Å². The number of amidine groups is 1. The lowest BCUT2D eigenvalue weighted by molar-refractivity contribution is 0.0993. The molecule has 7 heteroatoms. The third-order valence-corrected chi connectivity index (χ3v) is 3.22. The molecule has 2 aromatic rings. The van der Waals surface area contributed by atoms with Crippen LogP contribution in [0.3, 0.4) is 0 Å². The van der Waals surface area contributed by atoms with Crippen LogP contribution in [0.5, 0.6) is 0 Å². The van der Waals surface area contributed by atoms with Crippen LogP contribution in [0.4, 0.5) is 11.4 Å². The number of carbonyl (C=O) groups is 1. The molecule has 0 aliphatic carbocycles. The number of amides is 1. The average molecular weight is 320 g/mol. The fourth-order valence-corrected chi connectivity index (χ4v) is 1.95. The first-order valence-electron chi connectivity index (χ1n) is 7.04. The van der Waals surface area contributed by atoms with Crippen molar-refractivity contribution in [3.8, 4) is 6.07 Å². The van der Waals surface area contributed by atoms with Crippen LogP contribution in [-0.4, -0.2) is 24.5 Å². The van der Waals surface area contributed by atoms with Gasteiger partial charge in [-0.2, -0.15) is 10.4 Å². The number of carbonyl (C=O) groups excluding carboxylic acids is 1. The smallest absolute Gasteiger partial charge is 0.258 e. The summed E-state index contributed by atoms with van der Waals surface area (Å²) in [6.45, 7) is 0. The van der Waals surface area contributed by atoms with Crippen molar-refractivity contribution in [1.29, 1.82) is 10.7 Å². The number of hydrogen-bond acceptors (Lipinski definition) is 5. The topological polar surface area (TPSA) is 118 Å². The second-order valence-corrected chi connectivity index (χ2v) is 4.88. The largest absolute Gasteiger partial charge is 0.382 e. The Bertz CT molecular complexity index is 822. The van der Waals surface area contributed by atoms with Crippen LogP contribution in [0, 0.1) is 16.7 Å². The van der Waals surface area contributed by atoms with Crippen molar-refractivity contribution in [2.24, 2.45) is 10.8 Å². The molecule has 0 aromatic heterocycles. The zero-order valence-electron chi connectivity index (χ0n) is 13.0. The summed E-state index contributed by atoms with van der Waals surface area (Å²) in [5, 5.41) is 19.8. The fraction of sp³-hybridized carbons (Fsp3) is 0.0588. The van der Waals surface area contributed by atoms with Gasteiger partial charge in [-0.1, -0.05) is 24.3 Å². The van der Waals surface area contributed by atoms with Crippen molar-refractivity contribution in [1.82, 2.24) is 0 Å². The molecule has 0 bridgehead atoms. The Morgan fingerprint density at radius 1 is 1.25 bits per heavy atom. The highest BCUT2D eigenvalue weighted by atomic mass is 16.2. The number of rotatable bonds is 5. The molecule has 0 spiro atoms. The molecule has 120 valence electrons. The van der Waals surface area contributed by atoms with E-state index in [9.17, 15) is 4.79 Å². The van der Waals surface area contributed by atoms with E-state index in [0.717, 1.165) is 5.69 Å². The molecule has 7 nitrogen and oxygen atoms in total. The summed E-state index contributed by atoms with van der Waals surface area (Å²) in [4.78, 5) is 14.1. The summed E-state index contributed by atoms with van der Waals surface area (Å²) in [6, 6.07) is 17.7. The van der Waals surface area contributed by atoms with Gasteiger partial charge in [0.05, 0.1) is 5.69 Å². The number of nitrogens with zero attached hydrogens (tertiary/aromatic N) is 3. The number of hydrogen-bond donors (Lipinski definition) is 3. The lowest BCUT2D eigenvalue weighted by Gasteiger charge is -2.17. The minimum absolute atomic E-state index is 0.180. The standard InChI is InChI=1S/C17H16N6O/c1-23(14-8-3-2-4-9-14)17(24)12-6-5-7-13(10-12)21-22-15(11-18)16(19)20/h2-10,21H,1H3,(H3,19,20)/b22-15+. The number of hydrazone groups is 1. The normalized spacial score (nSPS) is 10.6. The van der Waals surface area contributed by atoms with Gasteiger partial charge >= 0.3 is 0 Å². The molecule has 4 N–H and O–H groups in total. The first-order valence-corrected chi connectivity index (χ1v) is 7.04. The van der Waals surface area contributed by atoms with Crippen molar-refractivity contribution in [3.05, 3.63) is 60.2 Å². The van der Waals surface area contributed by atoms with Gasteiger partial charge in [0.15, 0.2) is 5.84 Å². The SMILES string of the molecule is CN(C(=O)c1cccc(N/N=C(\C#N)C(=N)N)c1)c1ccccc1. The second kappa shape index (κ2) is 7.56. The number of para-hydroxylation sites is 1. The van der Waals surface area contributed by atoms with Gasteiger partial charge in [0.1, 0.15) is 6.07 Å². The molecule has 0 radical (unpaired) electrons. The van der Waals surface area contributed by atoms with Crippen LogP contribution < -0.4 is 16.1 Å². The molecule has 0 unspecified atom stereocenters. The third-order valence-electron chi connectivity index (χ3n) is 3.22. The molecule has 2 aromatic carbocycles. The predicted octanol–water partition coefficient (Wildman–Crippen LogP) is 2.19. The fourth-order valence-electron chi connectivity index (χ4n) is 1.95. The molecule has 0 heterocycles. The van der Waals surface area contributed by atoms with E-state index in [0.29, 0.717) is 11.3 Å². The van der Waals surface area contributed by atoms with Gasteiger partial charge in [-0.15, -0.1) is 0 Å². The highest BCUT2D eigenvalue weighted by Gasteiger charge is 2.13. The van der Waals surface area contributed by atoms with Crippen molar-refractivity contribution in [3.63, 3.8) is 0 Å². The van der Waals surface area contributed by atoms with E-state index in [1.54, 1.807) is 42.3 Å². The zero-order chi connectivity index (χ0) is 17.5. The zero-order valence-corrected chi connectivity index (χ0v) is 13.0. The first-order chi connectivity index (χ1) is 11.5. The van der Waals surface area contributed by atoms with E-state index >= 15 is 0 Å². The van der Waals surface area contributed by atoms with E-state index in [4.69, 9.17) is 16.4 Å². The Labute approximate surface area is 139 Å². The van der Waals surface area contributed by atoms with Gasteiger partial charge in [-0.05, 0) is 30.3 Å². The van der Waals surface area contributed by atoms with Crippen LogP contribution >= 0.6 is 0 Å². The minimum Gasteiger partial charge on any atom is -0.382 e. The highest BCUT2D eigenvalue weighted by molar-refractivity contribution is 6.45. The van der Waals surface area contributed by atoms with Gasteiger partial charge in [0, 0.05) is 18.3 Å². The maximum absolute atomic E-state index is 12.6. The predicted molar refractivity (Wildman–Crippen MR) is 94.2 cm³/mol. The van der Waals surface area contributed by atoms with E-state index < -0.39 is 5.84 Å². The van der Waals surface area contributed by atoms with E-state index in [1.165, 1.54) is 0 Å². The molecule has 0 saturated heterocycles. The van der Waals surface area contributed by atoms with Crippen molar-refractivity contribution in [2.45, 2.75) is 0 Å². The van der Waals surface area contributed by atoms with E-state index in [-0.39, 0.29) is 11.6 Å². The summed E-state index contributed by atoms with van der Waals surface area (Å²) < 4.78 is 0. The molecule has 0 aliphatic rings. The Morgan fingerprint density at radius 3 is 2.58 bits per heavy atom. The molecule has 0 atom stereocenters. The van der Waals surface area contributed by atoms with Crippen molar-refractivity contribution >= 4 is 28.8 Å².